The van der Waals surface area contributed by atoms with Crippen molar-refractivity contribution in [1.29, 1.82) is 0 Å². The van der Waals surface area contributed by atoms with Crippen molar-refractivity contribution in [2.45, 2.75) is 52.0 Å². The van der Waals surface area contributed by atoms with Gasteiger partial charge in [0.25, 0.3) is 0 Å². The van der Waals surface area contributed by atoms with Crippen LogP contribution in [0, 0.1) is 0 Å². The summed E-state index contributed by atoms with van der Waals surface area (Å²) < 4.78 is 23.3. The van der Waals surface area contributed by atoms with Crippen molar-refractivity contribution >= 4 is 21.2 Å². The highest BCUT2D eigenvalue weighted by molar-refractivity contribution is 7.91. The number of rotatable bonds is 4. The van der Waals surface area contributed by atoms with Crippen molar-refractivity contribution in [1.82, 2.24) is 10.3 Å². The lowest BCUT2D eigenvalue weighted by atomic mass is 9.91. The molecule has 20 heavy (non-hydrogen) atoms. The normalized spacial score (nSPS) is 22.3. The first-order valence-corrected chi connectivity index (χ1v) is 9.78. The molecule has 0 spiro atoms. The van der Waals surface area contributed by atoms with Crippen LogP contribution in [0.2, 0.25) is 0 Å². The molecule has 4 nitrogen and oxygen atoms in total. The van der Waals surface area contributed by atoms with Crippen molar-refractivity contribution < 1.29 is 8.42 Å². The maximum Gasteiger partial charge on any atom is 0.151 e. The van der Waals surface area contributed by atoms with E-state index in [0.29, 0.717) is 5.75 Å². The molecule has 114 valence electrons. The predicted molar refractivity (Wildman–Crippen MR) is 84.2 cm³/mol. The van der Waals surface area contributed by atoms with E-state index < -0.39 is 9.84 Å². The summed E-state index contributed by atoms with van der Waals surface area (Å²) in [6.45, 7) is 10.3. The second-order valence-corrected chi connectivity index (χ2v) is 9.80. The van der Waals surface area contributed by atoms with Crippen LogP contribution in [-0.2, 0) is 21.8 Å². The molecule has 0 bridgehead atoms. The van der Waals surface area contributed by atoms with E-state index in [-0.39, 0.29) is 17.1 Å². The highest BCUT2D eigenvalue weighted by Gasteiger charge is 2.33. The summed E-state index contributed by atoms with van der Waals surface area (Å²) in [5.74, 6) is 0.677. The minimum Gasteiger partial charge on any atom is -0.312 e. The Morgan fingerprint density at radius 3 is 2.60 bits per heavy atom. The Bertz CT molecular complexity index is 570. The van der Waals surface area contributed by atoms with E-state index in [0.717, 1.165) is 30.2 Å². The van der Waals surface area contributed by atoms with Crippen LogP contribution >= 0.6 is 11.3 Å². The van der Waals surface area contributed by atoms with Crippen LogP contribution in [0.25, 0.3) is 0 Å². The summed E-state index contributed by atoms with van der Waals surface area (Å²) in [6, 6.07) is 0. The summed E-state index contributed by atoms with van der Waals surface area (Å²) in [4.78, 5) is 6.04. The standard InChI is InChI=1S/C14H24N2O2S2/c1-5-15-8-11-12(14(2,3)4)16-13(19-11)10-6-7-20(17,18)9-10/h10,15H,5-9H2,1-4H3. The summed E-state index contributed by atoms with van der Waals surface area (Å²) in [6.07, 6.45) is 0.722. The van der Waals surface area contributed by atoms with Gasteiger partial charge in [0, 0.05) is 22.8 Å². The predicted octanol–water partition coefficient (Wildman–Crippen LogP) is 2.45. The second kappa shape index (κ2) is 5.73. The van der Waals surface area contributed by atoms with E-state index >= 15 is 0 Å². The molecule has 2 rings (SSSR count). The number of hydrogen-bond donors (Lipinski definition) is 1. The molecule has 0 saturated carbocycles. The van der Waals surface area contributed by atoms with Gasteiger partial charge in [0.2, 0.25) is 0 Å². The molecule has 1 N–H and O–H groups in total. The number of hydrogen-bond acceptors (Lipinski definition) is 5. The van der Waals surface area contributed by atoms with Crippen LogP contribution < -0.4 is 5.32 Å². The number of sulfone groups is 1. The molecule has 1 aliphatic rings. The minimum absolute atomic E-state index is 0.00299. The number of aromatic nitrogens is 1. The minimum atomic E-state index is -2.85. The van der Waals surface area contributed by atoms with E-state index in [9.17, 15) is 8.42 Å². The Hall–Kier alpha value is -0.460. The quantitative estimate of drug-likeness (QED) is 0.927. The van der Waals surface area contributed by atoms with Crippen LogP contribution in [-0.4, -0.2) is 31.5 Å². The van der Waals surface area contributed by atoms with E-state index in [4.69, 9.17) is 4.98 Å². The third-order valence-corrected chi connectivity index (χ3v) is 6.53. The SMILES string of the molecule is CCNCc1sc(C2CCS(=O)(=O)C2)nc1C(C)(C)C. The van der Waals surface area contributed by atoms with Crippen LogP contribution in [0.4, 0.5) is 0 Å². The first-order valence-electron chi connectivity index (χ1n) is 7.14. The largest absolute Gasteiger partial charge is 0.312 e. The molecule has 1 aromatic heterocycles. The molecule has 1 fully saturated rings. The van der Waals surface area contributed by atoms with Gasteiger partial charge in [-0.3, -0.25) is 0 Å². The summed E-state index contributed by atoms with van der Waals surface area (Å²) in [5, 5.41) is 4.35. The number of nitrogens with one attached hydrogen (secondary N) is 1. The molecular formula is C14H24N2O2S2. The molecule has 1 aromatic rings. The first kappa shape index (κ1) is 15.9. The second-order valence-electron chi connectivity index (χ2n) is 6.45. The summed E-state index contributed by atoms with van der Waals surface area (Å²) in [7, 11) is -2.85. The third-order valence-electron chi connectivity index (χ3n) is 3.54. The van der Waals surface area contributed by atoms with E-state index in [1.807, 2.05) is 0 Å². The van der Waals surface area contributed by atoms with Crippen LogP contribution in [0.15, 0.2) is 0 Å². The maximum absolute atomic E-state index is 11.6. The van der Waals surface area contributed by atoms with Crippen LogP contribution in [0.5, 0.6) is 0 Å². The van der Waals surface area contributed by atoms with Crippen molar-refractivity contribution in [2.75, 3.05) is 18.1 Å². The lowest BCUT2D eigenvalue weighted by Crippen LogP contribution is -2.18. The highest BCUT2D eigenvalue weighted by atomic mass is 32.2. The van der Waals surface area contributed by atoms with Gasteiger partial charge in [-0.1, -0.05) is 27.7 Å². The van der Waals surface area contributed by atoms with Gasteiger partial charge in [-0.25, -0.2) is 13.4 Å². The molecule has 0 amide bonds. The monoisotopic (exact) mass is 316 g/mol. The third kappa shape index (κ3) is 3.59. The first-order chi connectivity index (χ1) is 9.23. The van der Waals surface area contributed by atoms with Crippen LogP contribution in [0.1, 0.15) is 55.6 Å². The molecule has 2 heterocycles. The van der Waals surface area contributed by atoms with Gasteiger partial charge < -0.3 is 5.32 Å². The molecule has 0 aliphatic carbocycles. The molecule has 0 radical (unpaired) electrons. The van der Waals surface area contributed by atoms with Gasteiger partial charge in [-0.05, 0) is 13.0 Å². The van der Waals surface area contributed by atoms with Gasteiger partial charge in [-0.15, -0.1) is 11.3 Å². The van der Waals surface area contributed by atoms with Crippen molar-refractivity contribution in [3.63, 3.8) is 0 Å². The molecule has 1 unspecified atom stereocenters. The van der Waals surface area contributed by atoms with E-state index in [1.165, 1.54) is 4.88 Å². The summed E-state index contributed by atoms with van der Waals surface area (Å²) >= 11 is 1.69. The van der Waals surface area contributed by atoms with Gasteiger partial charge in [0.15, 0.2) is 9.84 Å². The zero-order valence-electron chi connectivity index (χ0n) is 12.7. The fraction of sp³-hybridized carbons (Fsp3) is 0.786. The Labute approximate surface area is 125 Å². The zero-order valence-corrected chi connectivity index (χ0v) is 14.3. The molecule has 6 heteroatoms. The Morgan fingerprint density at radius 2 is 2.10 bits per heavy atom. The number of nitrogens with zero attached hydrogens (tertiary/aromatic N) is 1. The average molecular weight is 316 g/mol. The number of thiazole rings is 1. The van der Waals surface area contributed by atoms with Crippen LogP contribution in [0.3, 0.4) is 0 Å². The Morgan fingerprint density at radius 1 is 1.40 bits per heavy atom. The molecule has 1 aliphatic heterocycles. The van der Waals surface area contributed by atoms with Gasteiger partial charge in [0.05, 0.1) is 22.2 Å². The molecule has 0 aromatic carbocycles. The van der Waals surface area contributed by atoms with Gasteiger partial charge >= 0.3 is 0 Å². The van der Waals surface area contributed by atoms with Gasteiger partial charge in [0.1, 0.15) is 0 Å². The van der Waals surface area contributed by atoms with Crippen molar-refractivity contribution in [3.8, 4) is 0 Å². The molecule has 1 atom stereocenters. The zero-order chi connectivity index (χ0) is 15.0. The molecular weight excluding hydrogens is 292 g/mol. The smallest absolute Gasteiger partial charge is 0.151 e. The fourth-order valence-electron chi connectivity index (χ4n) is 2.48. The van der Waals surface area contributed by atoms with Crippen molar-refractivity contribution in [2.24, 2.45) is 0 Å². The highest BCUT2D eigenvalue weighted by Crippen LogP contribution is 2.36. The Kier molecular flexibility index (Phi) is 4.56. The van der Waals surface area contributed by atoms with E-state index in [1.54, 1.807) is 11.3 Å². The lowest BCUT2D eigenvalue weighted by Gasteiger charge is -2.17. The Balaban J connectivity index is 2.29. The summed E-state index contributed by atoms with van der Waals surface area (Å²) in [5.41, 5.74) is 1.11. The lowest BCUT2D eigenvalue weighted by molar-refractivity contribution is 0.557. The topological polar surface area (TPSA) is 59.1 Å². The van der Waals surface area contributed by atoms with Gasteiger partial charge in [-0.2, -0.15) is 0 Å². The van der Waals surface area contributed by atoms with E-state index in [2.05, 4.69) is 33.0 Å². The maximum atomic E-state index is 11.6. The fourth-order valence-corrected chi connectivity index (χ4v) is 5.71. The molecule has 1 saturated heterocycles. The average Bonchev–Trinajstić information content (AvgIpc) is 2.89. The van der Waals surface area contributed by atoms with Crippen molar-refractivity contribution in [3.05, 3.63) is 15.6 Å².